The number of rotatable bonds is 6. The Morgan fingerprint density at radius 3 is 2.95 bits per heavy atom. The Morgan fingerprint density at radius 1 is 1.42 bits per heavy atom. The van der Waals surface area contributed by atoms with Crippen LogP contribution in [0.1, 0.15) is 24.8 Å². The van der Waals surface area contributed by atoms with Gasteiger partial charge in [-0.3, -0.25) is 4.79 Å². The molecule has 1 fully saturated rings. The highest BCUT2D eigenvalue weighted by Crippen LogP contribution is 2.18. The molecule has 1 N–H and O–H groups in total. The monoisotopic (exact) mass is 284 g/mol. The van der Waals surface area contributed by atoms with Crippen molar-refractivity contribution in [3.05, 3.63) is 34.6 Å². The average molecular weight is 285 g/mol. The smallest absolute Gasteiger partial charge is 0.222 e. The Hall–Kier alpha value is -1.13. The second-order valence-electron chi connectivity index (χ2n) is 4.71. The van der Waals surface area contributed by atoms with E-state index >= 15 is 0 Å². The van der Waals surface area contributed by atoms with Crippen molar-refractivity contribution in [2.75, 3.05) is 19.6 Å². The van der Waals surface area contributed by atoms with Crippen LogP contribution >= 0.6 is 11.6 Å². The summed E-state index contributed by atoms with van der Waals surface area (Å²) in [6.45, 7) is 2.81. The Morgan fingerprint density at radius 2 is 2.26 bits per heavy atom. The van der Waals surface area contributed by atoms with E-state index in [1.807, 2.05) is 4.90 Å². The van der Waals surface area contributed by atoms with Gasteiger partial charge in [0.25, 0.3) is 0 Å². The van der Waals surface area contributed by atoms with Gasteiger partial charge in [-0.1, -0.05) is 17.7 Å². The molecule has 1 aromatic rings. The quantitative estimate of drug-likeness (QED) is 0.815. The van der Waals surface area contributed by atoms with Crippen LogP contribution in [-0.2, 0) is 11.3 Å². The van der Waals surface area contributed by atoms with E-state index in [-0.39, 0.29) is 11.7 Å². The fourth-order valence-corrected chi connectivity index (χ4v) is 2.48. The first-order chi connectivity index (χ1) is 9.18. The van der Waals surface area contributed by atoms with Crippen molar-refractivity contribution in [2.45, 2.75) is 25.8 Å². The van der Waals surface area contributed by atoms with Crippen molar-refractivity contribution in [3.8, 4) is 0 Å². The maximum absolute atomic E-state index is 13.5. The van der Waals surface area contributed by atoms with Gasteiger partial charge >= 0.3 is 0 Å². The first-order valence-electron chi connectivity index (χ1n) is 6.60. The summed E-state index contributed by atoms with van der Waals surface area (Å²) < 4.78 is 13.5. The second-order valence-corrected chi connectivity index (χ2v) is 5.12. The molecule has 1 heterocycles. The van der Waals surface area contributed by atoms with Gasteiger partial charge in [0.1, 0.15) is 5.82 Å². The van der Waals surface area contributed by atoms with E-state index in [1.54, 1.807) is 12.1 Å². The summed E-state index contributed by atoms with van der Waals surface area (Å²) in [4.78, 5) is 13.3. The van der Waals surface area contributed by atoms with Crippen molar-refractivity contribution in [1.29, 1.82) is 0 Å². The van der Waals surface area contributed by atoms with Crippen LogP contribution in [0, 0.1) is 5.82 Å². The third-order valence-corrected chi connectivity index (χ3v) is 3.67. The lowest BCUT2D eigenvalue weighted by molar-refractivity contribution is -0.127. The third-order valence-electron chi connectivity index (χ3n) is 3.32. The van der Waals surface area contributed by atoms with Gasteiger partial charge in [-0.2, -0.15) is 0 Å². The molecule has 1 aliphatic heterocycles. The molecule has 1 amide bonds. The highest BCUT2D eigenvalue weighted by molar-refractivity contribution is 6.31. The van der Waals surface area contributed by atoms with E-state index < -0.39 is 0 Å². The standard InChI is InChI=1S/C14H18ClFN2O/c15-12-4-1-5-13(16)11(12)10-17-7-3-9-18-8-2-6-14(18)19/h1,4-5,17H,2-3,6-10H2. The van der Waals surface area contributed by atoms with E-state index in [9.17, 15) is 9.18 Å². The van der Waals surface area contributed by atoms with Gasteiger partial charge in [0.15, 0.2) is 0 Å². The summed E-state index contributed by atoms with van der Waals surface area (Å²) in [6, 6.07) is 4.69. The summed E-state index contributed by atoms with van der Waals surface area (Å²) in [5.74, 6) is -0.0353. The number of benzene rings is 1. The molecule has 19 heavy (non-hydrogen) atoms. The number of hydrogen-bond acceptors (Lipinski definition) is 2. The zero-order valence-electron chi connectivity index (χ0n) is 10.8. The van der Waals surface area contributed by atoms with Crippen LogP contribution in [0.3, 0.4) is 0 Å². The summed E-state index contributed by atoms with van der Waals surface area (Å²) in [5, 5.41) is 3.61. The van der Waals surface area contributed by atoms with Crippen LogP contribution in [0.25, 0.3) is 0 Å². The van der Waals surface area contributed by atoms with Gasteiger partial charge in [-0.05, 0) is 31.5 Å². The minimum atomic E-state index is -0.283. The SMILES string of the molecule is O=C1CCCN1CCCNCc1c(F)cccc1Cl. The van der Waals surface area contributed by atoms with E-state index in [2.05, 4.69) is 5.32 Å². The second kappa shape index (κ2) is 6.87. The minimum Gasteiger partial charge on any atom is -0.343 e. The molecule has 0 aliphatic carbocycles. The topological polar surface area (TPSA) is 32.3 Å². The molecule has 5 heteroatoms. The fourth-order valence-electron chi connectivity index (χ4n) is 2.25. The lowest BCUT2D eigenvalue weighted by atomic mass is 10.2. The molecule has 104 valence electrons. The molecular formula is C14H18ClFN2O. The molecule has 0 aromatic heterocycles. The maximum atomic E-state index is 13.5. The van der Waals surface area contributed by atoms with Gasteiger partial charge < -0.3 is 10.2 Å². The molecule has 0 radical (unpaired) electrons. The number of carbonyl (C=O) groups excluding carboxylic acids is 1. The average Bonchev–Trinajstić information content (AvgIpc) is 2.78. The lowest BCUT2D eigenvalue weighted by Crippen LogP contribution is -2.28. The van der Waals surface area contributed by atoms with E-state index in [0.717, 1.165) is 32.5 Å². The first kappa shape index (κ1) is 14.3. The van der Waals surface area contributed by atoms with Gasteiger partial charge in [-0.15, -0.1) is 0 Å². The van der Waals surface area contributed by atoms with E-state index in [0.29, 0.717) is 23.6 Å². The molecular weight excluding hydrogens is 267 g/mol. The molecule has 1 saturated heterocycles. The predicted octanol–water partition coefficient (Wildman–Crippen LogP) is 2.58. The number of halogens is 2. The lowest BCUT2D eigenvalue weighted by Gasteiger charge is -2.15. The Labute approximate surface area is 117 Å². The molecule has 2 rings (SSSR count). The van der Waals surface area contributed by atoms with Crippen molar-refractivity contribution >= 4 is 17.5 Å². The number of amides is 1. The molecule has 1 aromatic carbocycles. The maximum Gasteiger partial charge on any atom is 0.222 e. The van der Waals surface area contributed by atoms with Gasteiger partial charge in [0.05, 0.1) is 0 Å². The van der Waals surface area contributed by atoms with Crippen molar-refractivity contribution < 1.29 is 9.18 Å². The molecule has 0 atom stereocenters. The van der Waals surface area contributed by atoms with Crippen LogP contribution in [-0.4, -0.2) is 30.4 Å². The highest BCUT2D eigenvalue weighted by Gasteiger charge is 2.18. The summed E-state index contributed by atoms with van der Waals surface area (Å²) in [7, 11) is 0. The molecule has 0 bridgehead atoms. The number of hydrogen-bond donors (Lipinski definition) is 1. The van der Waals surface area contributed by atoms with Crippen LogP contribution in [0.15, 0.2) is 18.2 Å². The van der Waals surface area contributed by atoms with Crippen LogP contribution < -0.4 is 5.32 Å². The Bertz CT molecular complexity index is 433. The zero-order chi connectivity index (χ0) is 13.7. The van der Waals surface area contributed by atoms with Crippen LogP contribution in [0.5, 0.6) is 0 Å². The summed E-state index contributed by atoms with van der Waals surface area (Å²) in [6.07, 6.45) is 2.52. The van der Waals surface area contributed by atoms with Crippen molar-refractivity contribution in [1.82, 2.24) is 10.2 Å². The fraction of sp³-hybridized carbons (Fsp3) is 0.500. The summed E-state index contributed by atoms with van der Waals surface area (Å²) >= 11 is 5.93. The number of carbonyl (C=O) groups is 1. The van der Waals surface area contributed by atoms with Crippen LogP contribution in [0.4, 0.5) is 4.39 Å². The third kappa shape index (κ3) is 3.91. The molecule has 0 unspecified atom stereocenters. The largest absolute Gasteiger partial charge is 0.343 e. The van der Waals surface area contributed by atoms with Gasteiger partial charge in [0.2, 0.25) is 5.91 Å². The molecule has 0 spiro atoms. The predicted molar refractivity (Wildman–Crippen MR) is 73.5 cm³/mol. The molecule has 1 aliphatic rings. The highest BCUT2D eigenvalue weighted by atomic mass is 35.5. The number of nitrogens with one attached hydrogen (secondary N) is 1. The van der Waals surface area contributed by atoms with Gasteiger partial charge in [0, 0.05) is 36.6 Å². The number of likely N-dealkylation sites (tertiary alicyclic amines) is 1. The van der Waals surface area contributed by atoms with Crippen molar-refractivity contribution in [2.24, 2.45) is 0 Å². The van der Waals surface area contributed by atoms with Crippen LogP contribution in [0.2, 0.25) is 5.02 Å². The first-order valence-corrected chi connectivity index (χ1v) is 6.97. The molecule has 0 saturated carbocycles. The number of nitrogens with zero attached hydrogens (tertiary/aromatic N) is 1. The molecule has 3 nitrogen and oxygen atoms in total. The zero-order valence-corrected chi connectivity index (χ0v) is 11.5. The van der Waals surface area contributed by atoms with E-state index in [4.69, 9.17) is 11.6 Å². The summed E-state index contributed by atoms with van der Waals surface area (Å²) in [5.41, 5.74) is 0.501. The normalized spacial score (nSPS) is 15.3. The Balaban J connectivity index is 1.68. The van der Waals surface area contributed by atoms with E-state index in [1.165, 1.54) is 6.07 Å². The minimum absolute atomic E-state index is 0.247. The Kier molecular flexibility index (Phi) is 5.16. The van der Waals surface area contributed by atoms with Crippen molar-refractivity contribution in [3.63, 3.8) is 0 Å². The van der Waals surface area contributed by atoms with Gasteiger partial charge in [-0.25, -0.2) is 4.39 Å².